The number of nitriles is 1. The fraction of sp³-hybridized carbons (Fsp3) is 0.706. The standard InChI is InChI=1S/C17H23N/c18-13-12-17(10-3-4-11-17)16-9-5-7-14-6-1-2-8-15(14)16/h7H,1-6,8-12H2. The molecule has 0 atom stereocenters. The highest BCUT2D eigenvalue weighted by Crippen LogP contribution is 2.53. The van der Waals surface area contributed by atoms with Crippen molar-refractivity contribution in [3.8, 4) is 6.07 Å². The van der Waals surface area contributed by atoms with Crippen LogP contribution in [-0.4, -0.2) is 0 Å². The van der Waals surface area contributed by atoms with Crippen LogP contribution in [0.1, 0.15) is 70.6 Å². The van der Waals surface area contributed by atoms with Crippen LogP contribution < -0.4 is 0 Å². The van der Waals surface area contributed by atoms with Crippen LogP contribution in [0.2, 0.25) is 0 Å². The Morgan fingerprint density at radius 2 is 1.83 bits per heavy atom. The van der Waals surface area contributed by atoms with Gasteiger partial charge in [-0.1, -0.05) is 24.5 Å². The predicted octanol–water partition coefficient (Wildman–Crippen LogP) is 5.05. The number of nitrogens with zero attached hydrogens (tertiary/aromatic N) is 1. The molecule has 0 spiro atoms. The van der Waals surface area contributed by atoms with E-state index in [0.717, 1.165) is 6.42 Å². The maximum Gasteiger partial charge on any atom is 0.0630 e. The van der Waals surface area contributed by atoms with Crippen molar-refractivity contribution in [2.24, 2.45) is 5.41 Å². The van der Waals surface area contributed by atoms with Gasteiger partial charge in [-0.2, -0.15) is 5.26 Å². The van der Waals surface area contributed by atoms with E-state index in [4.69, 9.17) is 0 Å². The van der Waals surface area contributed by atoms with Crippen molar-refractivity contribution in [3.05, 3.63) is 22.8 Å². The Balaban J connectivity index is 2.00. The molecule has 96 valence electrons. The van der Waals surface area contributed by atoms with E-state index in [1.807, 2.05) is 0 Å². The van der Waals surface area contributed by atoms with Gasteiger partial charge < -0.3 is 0 Å². The summed E-state index contributed by atoms with van der Waals surface area (Å²) in [6.45, 7) is 0. The van der Waals surface area contributed by atoms with E-state index in [1.165, 1.54) is 64.2 Å². The van der Waals surface area contributed by atoms with Gasteiger partial charge in [-0.25, -0.2) is 0 Å². The number of allylic oxidation sites excluding steroid dienone is 4. The van der Waals surface area contributed by atoms with Crippen LogP contribution in [0.3, 0.4) is 0 Å². The molecular formula is C17H23N. The van der Waals surface area contributed by atoms with Gasteiger partial charge in [0.15, 0.2) is 0 Å². The van der Waals surface area contributed by atoms with Crippen molar-refractivity contribution in [2.45, 2.75) is 70.6 Å². The van der Waals surface area contributed by atoms with Crippen LogP contribution in [-0.2, 0) is 0 Å². The highest BCUT2D eigenvalue weighted by Gasteiger charge is 2.39. The smallest absolute Gasteiger partial charge is 0.0630 e. The number of rotatable bonds is 2. The van der Waals surface area contributed by atoms with Crippen LogP contribution in [0.5, 0.6) is 0 Å². The zero-order valence-electron chi connectivity index (χ0n) is 11.3. The molecule has 0 bridgehead atoms. The van der Waals surface area contributed by atoms with Crippen molar-refractivity contribution < 1.29 is 0 Å². The molecule has 2 saturated carbocycles. The molecule has 0 aromatic carbocycles. The monoisotopic (exact) mass is 241 g/mol. The van der Waals surface area contributed by atoms with E-state index < -0.39 is 0 Å². The van der Waals surface area contributed by atoms with E-state index in [9.17, 15) is 5.26 Å². The summed E-state index contributed by atoms with van der Waals surface area (Å²) in [6, 6.07) is 2.49. The summed E-state index contributed by atoms with van der Waals surface area (Å²) < 4.78 is 0. The van der Waals surface area contributed by atoms with Gasteiger partial charge in [0.05, 0.1) is 6.07 Å². The Morgan fingerprint density at radius 3 is 2.61 bits per heavy atom. The number of hydrogen-bond acceptors (Lipinski definition) is 1. The van der Waals surface area contributed by atoms with Crippen molar-refractivity contribution in [1.82, 2.24) is 0 Å². The lowest BCUT2D eigenvalue weighted by Gasteiger charge is -2.37. The van der Waals surface area contributed by atoms with Gasteiger partial charge in [-0.3, -0.25) is 0 Å². The Bertz CT molecular complexity index is 427. The van der Waals surface area contributed by atoms with Crippen molar-refractivity contribution in [2.75, 3.05) is 0 Å². The first kappa shape index (κ1) is 12.0. The average molecular weight is 241 g/mol. The van der Waals surface area contributed by atoms with Gasteiger partial charge in [-0.05, 0) is 62.5 Å². The normalized spacial score (nSPS) is 26.5. The summed E-state index contributed by atoms with van der Waals surface area (Å²) in [6.07, 6.45) is 16.2. The second kappa shape index (κ2) is 4.92. The molecular weight excluding hydrogens is 218 g/mol. The molecule has 3 aliphatic carbocycles. The third-order valence-corrected chi connectivity index (χ3v) is 5.28. The van der Waals surface area contributed by atoms with Crippen LogP contribution >= 0.6 is 0 Å². The summed E-state index contributed by atoms with van der Waals surface area (Å²) in [5.41, 5.74) is 5.32. The summed E-state index contributed by atoms with van der Waals surface area (Å²) in [5, 5.41) is 9.23. The molecule has 3 rings (SSSR count). The molecule has 0 amide bonds. The molecule has 0 N–H and O–H groups in total. The topological polar surface area (TPSA) is 23.8 Å². The maximum absolute atomic E-state index is 9.23. The van der Waals surface area contributed by atoms with Crippen LogP contribution in [0.15, 0.2) is 22.8 Å². The SMILES string of the molecule is N#CCC1(C2=C3CCCCC3=CCC2)CCCC1. The summed E-state index contributed by atoms with van der Waals surface area (Å²) in [4.78, 5) is 0. The Labute approximate surface area is 111 Å². The lowest BCUT2D eigenvalue weighted by atomic mass is 9.67. The van der Waals surface area contributed by atoms with Crippen molar-refractivity contribution >= 4 is 0 Å². The summed E-state index contributed by atoms with van der Waals surface area (Å²) in [5.74, 6) is 0. The Kier molecular flexibility index (Phi) is 3.29. The zero-order valence-corrected chi connectivity index (χ0v) is 11.3. The van der Waals surface area contributed by atoms with Gasteiger partial charge >= 0.3 is 0 Å². The second-order valence-corrected chi connectivity index (χ2v) is 6.25. The highest BCUT2D eigenvalue weighted by atomic mass is 14.4. The van der Waals surface area contributed by atoms with E-state index in [1.54, 1.807) is 16.7 Å². The van der Waals surface area contributed by atoms with E-state index in [-0.39, 0.29) is 5.41 Å². The zero-order chi connectivity index (χ0) is 12.4. The predicted molar refractivity (Wildman–Crippen MR) is 73.9 cm³/mol. The molecule has 0 heterocycles. The molecule has 3 aliphatic rings. The van der Waals surface area contributed by atoms with Crippen molar-refractivity contribution in [3.63, 3.8) is 0 Å². The van der Waals surface area contributed by atoms with Crippen molar-refractivity contribution in [1.29, 1.82) is 5.26 Å². The minimum absolute atomic E-state index is 0.279. The molecule has 0 radical (unpaired) electrons. The number of hydrogen-bond donors (Lipinski definition) is 0. The lowest BCUT2D eigenvalue weighted by Crippen LogP contribution is -2.23. The molecule has 0 saturated heterocycles. The minimum Gasteiger partial charge on any atom is -0.198 e. The van der Waals surface area contributed by atoms with Gasteiger partial charge in [0.25, 0.3) is 0 Å². The first-order chi connectivity index (χ1) is 8.86. The highest BCUT2D eigenvalue weighted by molar-refractivity contribution is 5.43. The molecule has 0 aliphatic heterocycles. The van der Waals surface area contributed by atoms with Crippen LogP contribution in [0, 0.1) is 16.7 Å². The largest absolute Gasteiger partial charge is 0.198 e. The fourth-order valence-electron chi connectivity index (χ4n) is 4.41. The fourth-order valence-corrected chi connectivity index (χ4v) is 4.41. The first-order valence-corrected chi connectivity index (χ1v) is 7.65. The third-order valence-electron chi connectivity index (χ3n) is 5.28. The maximum atomic E-state index is 9.23. The second-order valence-electron chi connectivity index (χ2n) is 6.25. The molecule has 1 nitrogen and oxygen atoms in total. The average Bonchev–Trinajstić information content (AvgIpc) is 2.88. The lowest BCUT2D eigenvalue weighted by molar-refractivity contribution is 0.355. The summed E-state index contributed by atoms with van der Waals surface area (Å²) >= 11 is 0. The Hall–Kier alpha value is -1.03. The van der Waals surface area contributed by atoms with Crippen LogP contribution in [0.25, 0.3) is 0 Å². The molecule has 2 fully saturated rings. The molecule has 0 aromatic heterocycles. The van der Waals surface area contributed by atoms with Gasteiger partial charge in [-0.15, -0.1) is 0 Å². The summed E-state index contributed by atoms with van der Waals surface area (Å²) in [7, 11) is 0. The van der Waals surface area contributed by atoms with E-state index in [0.29, 0.717) is 0 Å². The minimum atomic E-state index is 0.279. The van der Waals surface area contributed by atoms with Gasteiger partial charge in [0.2, 0.25) is 0 Å². The molecule has 1 heteroatoms. The quantitative estimate of drug-likeness (QED) is 0.663. The van der Waals surface area contributed by atoms with Gasteiger partial charge in [0, 0.05) is 11.8 Å². The van der Waals surface area contributed by atoms with E-state index >= 15 is 0 Å². The molecule has 0 unspecified atom stereocenters. The third kappa shape index (κ3) is 1.92. The van der Waals surface area contributed by atoms with Gasteiger partial charge in [0.1, 0.15) is 0 Å². The van der Waals surface area contributed by atoms with Crippen LogP contribution in [0.4, 0.5) is 0 Å². The Morgan fingerprint density at radius 1 is 1.06 bits per heavy atom. The molecule has 0 aromatic rings. The first-order valence-electron chi connectivity index (χ1n) is 7.65. The van der Waals surface area contributed by atoms with E-state index in [2.05, 4.69) is 12.1 Å². The molecule has 18 heavy (non-hydrogen) atoms. The number of fused-ring (bicyclic) bond motifs is 1.